The first-order valence-electron chi connectivity index (χ1n) is 7.47. The number of ether oxygens (including phenoxy) is 2. The maximum absolute atomic E-state index is 11.8. The average Bonchev–Trinajstić information content (AvgIpc) is 2.53. The van der Waals surface area contributed by atoms with Crippen LogP contribution < -0.4 is 5.32 Å². The summed E-state index contributed by atoms with van der Waals surface area (Å²) >= 11 is 0. The zero-order chi connectivity index (χ0) is 17.4. The van der Waals surface area contributed by atoms with Gasteiger partial charge in [-0.25, -0.2) is 4.79 Å². The molecule has 0 saturated carbocycles. The fraction of sp³-hybridized carbons (Fsp3) is 0.714. The zero-order valence-electron chi connectivity index (χ0n) is 13.9. The molecule has 9 heteroatoms. The lowest BCUT2D eigenvalue weighted by atomic mass is 9.98. The van der Waals surface area contributed by atoms with Crippen molar-refractivity contribution in [1.29, 1.82) is 0 Å². The second-order valence-electron chi connectivity index (χ2n) is 5.09. The van der Waals surface area contributed by atoms with Crippen LogP contribution in [0, 0.1) is 0 Å². The van der Waals surface area contributed by atoms with Crippen LogP contribution in [0.2, 0.25) is 0 Å². The lowest BCUT2D eigenvalue weighted by Gasteiger charge is -2.37. The number of nitrogens with one attached hydrogen (secondary N) is 1. The predicted octanol–water partition coefficient (Wildman–Crippen LogP) is 0.967. The van der Waals surface area contributed by atoms with E-state index in [0.717, 1.165) is 13.1 Å². The van der Waals surface area contributed by atoms with Crippen LogP contribution in [-0.4, -0.2) is 61.7 Å². The topological polar surface area (TPSA) is 117 Å². The van der Waals surface area contributed by atoms with E-state index in [2.05, 4.69) is 25.0 Å². The fourth-order valence-corrected chi connectivity index (χ4v) is 2.44. The summed E-state index contributed by atoms with van der Waals surface area (Å²) in [4.78, 5) is 28.1. The predicted molar refractivity (Wildman–Crippen MR) is 83.3 cm³/mol. The van der Waals surface area contributed by atoms with Crippen LogP contribution in [0.5, 0.6) is 0 Å². The normalized spacial score (nSPS) is 23.3. The highest BCUT2D eigenvalue weighted by Gasteiger charge is 2.38. The smallest absolute Gasteiger partial charge is 0.372 e. The van der Waals surface area contributed by atoms with Gasteiger partial charge in [-0.05, 0) is 24.7 Å². The van der Waals surface area contributed by atoms with Crippen molar-refractivity contribution in [2.45, 2.75) is 39.0 Å². The van der Waals surface area contributed by atoms with E-state index >= 15 is 0 Å². The van der Waals surface area contributed by atoms with Crippen LogP contribution in [0.25, 0.3) is 10.4 Å². The van der Waals surface area contributed by atoms with Gasteiger partial charge in [0, 0.05) is 18.4 Å². The van der Waals surface area contributed by atoms with Gasteiger partial charge in [0.1, 0.15) is 6.10 Å². The van der Waals surface area contributed by atoms with E-state index in [1.54, 1.807) is 0 Å². The summed E-state index contributed by atoms with van der Waals surface area (Å²) in [5.74, 6) is -0.922. The molecule has 1 N–H and O–H groups in total. The number of likely N-dealkylation sites (N-methyl/N-ethyl adjacent to an activating group) is 1. The molecule has 9 nitrogen and oxygen atoms in total. The van der Waals surface area contributed by atoms with Crippen LogP contribution >= 0.6 is 0 Å². The molecular formula is C14H23N5O4. The van der Waals surface area contributed by atoms with E-state index in [4.69, 9.17) is 10.3 Å². The number of carbonyl (C=O) groups is 2. The summed E-state index contributed by atoms with van der Waals surface area (Å²) in [6, 6.07) is -1.29. The minimum Gasteiger partial charge on any atom is -0.480 e. The Balaban J connectivity index is 3.15. The van der Waals surface area contributed by atoms with Crippen molar-refractivity contribution in [1.82, 2.24) is 10.2 Å². The number of azide groups is 1. The van der Waals surface area contributed by atoms with Gasteiger partial charge < -0.3 is 19.7 Å². The summed E-state index contributed by atoms with van der Waals surface area (Å²) in [7, 11) is 1.24. The first kappa shape index (κ1) is 18.8. The molecule has 1 aliphatic heterocycles. The number of carbonyl (C=O) groups excluding carboxylic acids is 2. The molecule has 128 valence electrons. The summed E-state index contributed by atoms with van der Waals surface area (Å²) in [6.07, 6.45) is 0.846. The van der Waals surface area contributed by atoms with Gasteiger partial charge in [-0.3, -0.25) is 4.79 Å². The van der Waals surface area contributed by atoms with Crippen molar-refractivity contribution < 1.29 is 19.1 Å². The first-order valence-corrected chi connectivity index (χ1v) is 7.47. The third-order valence-electron chi connectivity index (χ3n) is 3.64. The molecule has 0 fully saturated rings. The van der Waals surface area contributed by atoms with Gasteiger partial charge in [-0.2, -0.15) is 0 Å². The van der Waals surface area contributed by atoms with Gasteiger partial charge in [0.2, 0.25) is 11.7 Å². The molecule has 1 rings (SSSR count). The lowest BCUT2D eigenvalue weighted by Crippen LogP contribution is -2.56. The van der Waals surface area contributed by atoms with Crippen LogP contribution in [0.1, 0.15) is 20.8 Å². The Kier molecular flexibility index (Phi) is 7.37. The molecule has 0 aromatic rings. The number of rotatable bonds is 7. The fourth-order valence-electron chi connectivity index (χ4n) is 2.44. The Morgan fingerprint density at radius 3 is 2.61 bits per heavy atom. The maximum Gasteiger partial charge on any atom is 0.372 e. The van der Waals surface area contributed by atoms with Crippen molar-refractivity contribution >= 4 is 11.9 Å². The van der Waals surface area contributed by atoms with E-state index in [-0.39, 0.29) is 11.7 Å². The zero-order valence-corrected chi connectivity index (χ0v) is 13.9. The molecule has 1 heterocycles. The molecule has 0 aromatic carbocycles. The minimum atomic E-state index is -0.729. The molecular weight excluding hydrogens is 302 g/mol. The SMILES string of the molecule is CCN(CC)C[C@@H]1OC(C(=O)OC)=C[C@H](N=[N+]=[N-])[C@H]1NC(C)=O. The average molecular weight is 325 g/mol. The number of amides is 1. The molecule has 0 aliphatic carbocycles. The van der Waals surface area contributed by atoms with E-state index in [9.17, 15) is 9.59 Å². The maximum atomic E-state index is 11.8. The molecule has 0 aromatic heterocycles. The Hall–Kier alpha value is -2.25. The van der Waals surface area contributed by atoms with Crippen LogP contribution in [0.15, 0.2) is 16.9 Å². The number of esters is 1. The first-order chi connectivity index (χ1) is 11.0. The highest BCUT2D eigenvalue weighted by atomic mass is 16.6. The summed E-state index contributed by atoms with van der Waals surface area (Å²) in [5.41, 5.74) is 8.76. The quantitative estimate of drug-likeness (QED) is 0.324. The highest BCUT2D eigenvalue weighted by Crippen LogP contribution is 2.22. The third-order valence-corrected chi connectivity index (χ3v) is 3.64. The highest BCUT2D eigenvalue weighted by molar-refractivity contribution is 5.86. The van der Waals surface area contributed by atoms with E-state index in [1.807, 2.05) is 13.8 Å². The van der Waals surface area contributed by atoms with Crippen LogP contribution in [-0.2, 0) is 19.1 Å². The molecule has 0 saturated heterocycles. The van der Waals surface area contributed by atoms with Gasteiger partial charge in [-0.1, -0.05) is 19.0 Å². The second kappa shape index (κ2) is 9.02. The van der Waals surface area contributed by atoms with Gasteiger partial charge in [0.15, 0.2) is 0 Å². The molecule has 3 atom stereocenters. The summed E-state index contributed by atoms with van der Waals surface area (Å²) in [5, 5.41) is 6.42. The molecule has 23 heavy (non-hydrogen) atoms. The Labute approximate surface area is 135 Å². The number of hydrogen-bond acceptors (Lipinski definition) is 6. The van der Waals surface area contributed by atoms with Crippen LogP contribution in [0.4, 0.5) is 0 Å². The number of methoxy groups -OCH3 is 1. The van der Waals surface area contributed by atoms with Crippen molar-refractivity contribution in [3.05, 3.63) is 22.3 Å². The molecule has 1 amide bonds. The van der Waals surface area contributed by atoms with Gasteiger partial charge in [-0.15, -0.1) is 0 Å². The lowest BCUT2D eigenvalue weighted by molar-refractivity contribution is -0.142. The van der Waals surface area contributed by atoms with Gasteiger partial charge in [0.25, 0.3) is 0 Å². The van der Waals surface area contributed by atoms with Gasteiger partial charge >= 0.3 is 5.97 Å². The molecule has 1 aliphatic rings. The van der Waals surface area contributed by atoms with E-state index < -0.39 is 24.2 Å². The number of hydrogen-bond donors (Lipinski definition) is 1. The Bertz CT molecular complexity index is 511. The summed E-state index contributed by atoms with van der Waals surface area (Å²) < 4.78 is 10.4. The summed E-state index contributed by atoms with van der Waals surface area (Å²) in [6.45, 7) is 7.42. The van der Waals surface area contributed by atoms with E-state index in [1.165, 1.54) is 20.1 Å². The van der Waals surface area contributed by atoms with Crippen molar-refractivity contribution in [3.8, 4) is 0 Å². The molecule has 0 spiro atoms. The largest absolute Gasteiger partial charge is 0.480 e. The standard InChI is InChI=1S/C14H23N5O4/c1-5-19(6-2)8-12-13(16-9(3)20)10(17-18-15)7-11(23-12)14(21)22-4/h7,10,12-13H,5-6,8H2,1-4H3,(H,16,20)/t10-,12-,13+/m0/s1. The minimum absolute atomic E-state index is 0.0105. The third kappa shape index (κ3) is 5.15. The Morgan fingerprint density at radius 2 is 2.13 bits per heavy atom. The monoisotopic (exact) mass is 325 g/mol. The molecule has 0 radical (unpaired) electrons. The second-order valence-corrected chi connectivity index (χ2v) is 5.09. The van der Waals surface area contributed by atoms with Crippen molar-refractivity contribution in [2.75, 3.05) is 26.7 Å². The van der Waals surface area contributed by atoms with E-state index in [0.29, 0.717) is 6.54 Å². The van der Waals surface area contributed by atoms with Gasteiger partial charge in [0.05, 0.1) is 19.2 Å². The Morgan fingerprint density at radius 1 is 1.48 bits per heavy atom. The van der Waals surface area contributed by atoms with Crippen LogP contribution in [0.3, 0.4) is 0 Å². The number of nitrogens with zero attached hydrogens (tertiary/aromatic N) is 4. The van der Waals surface area contributed by atoms with Crippen molar-refractivity contribution in [2.24, 2.45) is 5.11 Å². The van der Waals surface area contributed by atoms with Crippen molar-refractivity contribution in [3.63, 3.8) is 0 Å². The molecule has 0 unspecified atom stereocenters. The molecule has 0 bridgehead atoms.